The standard InChI is InChI=1S/C10H20N2O2/c1-9(13)7-11-8-10(14)12-5-3-2-4-6-12/h9,11,13H,2-8H2,1H3/t9-/m0/s1. The second kappa shape index (κ2) is 5.98. The number of rotatable bonds is 4. The summed E-state index contributed by atoms with van der Waals surface area (Å²) in [7, 11) is 0. The number of carbonyl (C=O) groups is 1. The zero-order valence-corrected chi connectivity index (χ0v) is 8.83. The van der Waals surface area contributed by atoms with Gasteiger partial charge in [0.25, 0.3) is 0 Å². The van der Waals surface area contributed by atoms with Crippen molar-refractivity contribution < 1.29 is 9.90 Å². The van der Waals surface area contributed by atoms with Gasteiger partial charge in [0.15, 0.2) is 0 Å². The number of hydrogen-bond donors (Lipinski definition) is 2. The summed E-state index contributed by atoms with van der Waals surface area (Å²) in [5, 5.41) is 11.9. The highest BCUT2D eigenvalue weighted by Gasteiger charge is 2.15. The van der Waals surface area contributed by atoms with Gasteiger partial charge in [-0.1, -0.05) is 0 Å². The second-order valence-corrected chi connectivity index (χ2v) is 3.92. The normalized spacial score (nSPS) is 19.4. The van der Waals surface area contributed by atoms with Crippen LogP contribution in [0.1, 0.15) is 26.2 Å². The molecule has 2 N–H and O–H groups in total. The van der Waals surface area contributed by atoms with Gasteiger partial charge in [-0.2, -0.15) is 0 Å². The predicted molar refractivity (Wildman–Crippen MR) is 55.0 cm³/mol. The highest BCUT2D eigenvalue weighted by atomic mass is 16.3. The molecule has 0 aromatic heterocycles. The number of nitrogens with zero attached hydrogens (tertiary/aromatic N) is 1. The first-order chi connectivity index (χ1) is 6.70. The van der Waals surface area contributed by atoms with E-state index < -0.39 is 0 Å². The Morgan fingerprint density at radius 1 is 1.43 bits per heavy atom. The van der Waals surface area contributed by atoms with Crippen molar-refractivity contribution in [2.45, 2.75) is 32.3 Å². The van der Waals surface area contributed by atoms with Crippen LogP contribution >= 0.6 is 0 Å². The van der Waals surface area contributed by atoms with Crippen molar-refractivity contribution in [1.82, 2.24) is 10.2 Å². The van der Waals surface area contributed by atoms with Crippen molar-refractivity contribution in [1.29, 1.82) is 0 Å². The fraction of sp³-hybridized carbons (Fsp3) is 0.900. The number of hydrogen-bond acceptors (Lipinski definition) is 3. The molecule has 0 spiro atoms. The lowest BCUT2D eigenvalue weighted by atomic mass is 10.1. The van der Waals surface area contributed by atoms with Crippen molar-refractivity contribution in [3.05, 3.63) is 0 Å². The van der Waals surface area contributed by atoms with Crippen LogP contribution < -0.4 is 5.32 Å². The summed E-state index contributed by atoms with van der Waals surface area (Å²) >= 11 is 0. The first kappa shape index (κ1) is 11.5. The van der Waals surface area contributed by atoms with Gasteiger partial charge in [-0.25, -0.2) is 0 Å². The van der Waals surface area contributed by atoms with E-state index in [1.807, 2.05) is 4.90 Å². The van der Waals surface area contributed by atoms with Crippen molar-refractivity contribution >= 4 is 5.91 Å². The molecule has 0 aromatic rings. The van der Waals surface area contributed by atoms with Gasteiger partial charge in [-0.05, 0) is 26.2 Å². The Kier molecular flexibility index (Phi) is 4.90. The third kappa shape index (κ3) is 4.07. The molecule has 0 unspecified atom stereocenters. The Morgan fingerprint density at radius 2 is 2.07 bits per heavy atom. The fourth-order valence-corrected chi connectivity index (χ4v) is 1.64. The Hall–Kier alpha value is -0.610. The molecule has 0 bridgehead atoms. The Bertz CT molecular complexity index is 177. The molecule has 1 saturated heterocycles. The SMILES string of the molecule is C[C@H](O)CNCC(=O)N1CCCCC1. The lowest BCUT2D eigenvalue weighted by Gasteiger charge is -2.26. The van der Waals surface area contributed by atoms with E-state index in [1.165, 1.54) is 6.42 Å². The van der Waals surface area contributed by atoms with Crippen LogP contribution in [0.3, 0.4) is 0 Å². The van der Waals surface area contributed by atoms with Crippen LogP contribution in [0.4, 0.5) is 0 Å². The maximum Gasteiger partial charge on any atom is 0.236 e. The van der Waals surface area contributed by atoms with E-state index in [0.29, 0.717) is 13.1 Å². The molecule has 1 heterocycles. The van der Waals surface area contributed by atoms with Gasteiger partial charge in [-0.3, -0.25) is 4.79 Å². The maximum absolute atomic E-state index is 11.6. The molecule has 0 aromatic carbocycles. The molecule has 0 saturated carbocycles. The molecule has 14 heavy (non-hydrogen) atoms. The summed E-state index contributed by atoms with van der Waals surface area (Å²) in [5.41, 5.74) is 0. The van der Waals surface area contributed by atoms with Crippen LogP contribution in [0.15, 0.2) is 0 Å². The molecule has 4 heteroatoms. The average molecular weight is 200 g/mol. The van der Waals surface area contributed by atoms with E-state index in [2.05, 4.69) is 5.32 Å². The van der Waals surface area contributed by atoms with Gasteiger partial charge in [0.1, 0.15) is 0 Å². The van der Waals surface area contributed by atoms with Crippen LogP contribution in [0.5, 0.6) is 0 Å². The summed E-state index contributed by atoms with van der Waals surface area (Å²) < 4.78 is 0. The van der Waals surface area contributed by atoms with E-state index in [4.69, 9.17) is 5.11 Å². The van der Waals surface area contributed by atoms with Crippen molar-refractivity contribution in [3.63, 3.8) is 0 Å². The quantitative estimate of drug-likeness (QED) is 0.670. The van der Waals surface area contributed by atoms with Crippen molar-refractivity contribution in [3.8, 4) is 0 Å². The van der Waals surface area contributed by atoms with Gasteiger partial charge in [-0.15, -0.1) is 0 Å². The van der Waals surface area contributed by atoms with Gasteiger partial charge >= 0.3 is 0 Å². The maximum atomic E-state index is 11.6. The van der Waals surface area contributed by atoms with E-state index in [9.17, 15) is 4.79 Å². The minimum Gasteiger partial charge on any atom is -0.392 e. The van der Waals surface area contributed by atoms with Gasteiger partial charge < -0.3 is 15.3 Å². The summed E-state index contributed by atoms with van der Waals surface area (Å²) in [6, 6.07) is 0. The van der Waals surface area contributed by atoms with Crippen molar-refractivity contribution in [2.24, 2.45) is 0 Å². The molecule has 82 valence electrons. The first-order valence-electron chi connectivity index (χ1n) is 5.36. The zero-order valence-electron chi connectivity index (χ0n) is 8.83. The highest BCUT2D eigenvalue weighted by molar-refractivity contribution is 5.78. The Morgan fingerprint density at radius 3 is 2.64 bits per heavy atom. The van der Waals surface area contributed by atoms with Crippen LogP contribution in [0, 0.1) is 0 Å². The minimum absolute atomic E-state index is 0.158. The molecular formula is C10H20N2O2. The van der Waals surface area contributed by atoms with Gasteiger partial charge in [0, 0.05) is 19.6 Å². The van der Waals surface area contributed by atoms with E-state index in [0.717, 1.165) is 25.9 Å². The Labute approximate surface area is 85.3 Å². The second-order valence-electron chi connectivity index (χ2n) is 3.92. The predicted octanol–water partition coefficient (Wildman–Crippen LogP) is -0.0307. The molecule has 1 atom stereocenters. The molecular weight excluding hydrogens is 180 g/mol. The van der Waals surface area contributed by atoms with Crippen LogP contribution in [0.2, 0.25) is 0 Å². The molecule has 1 fully saturated rings. The van der Waals surface area contributed by atoms with Crippen LogP contribution in [0.25, 0.3) is 0 Å². The number of amides is 1. The zero-order chi connectivity index (χ0) is 10.4. The lowest BCUT2D eigenvalue weighted by molar-refractivity contribution is -0.131. The molecule has 4 nitrogen and oxygen atoms in total. The Balaban J connectivity index is 2.13. The third-order valence-corrected chi connectivity index (χ3v) is 2.42. The van der Waals surface area contributed by atoms with Crippen LogP contribution in [-0.4, -0.2) is 48.2 Å². The van der Waals surface area contributed by atoms with Gasteiger partial charge in [0.2, 0.25) is 5.91 Å². The molecule has 1 rings (SSSR count). The molecule has 1 aliphatic heterocycles. The van der Waals surface area contributed by atoms with Crippen molar-refractivity contribution in [2.75, 3.05) is 26.2 Å². The summed E-state index contributed by atoms with van der Waals surface area (Å²) in [5.74, 6) is 0.158. The summed E-state index contributed by atoms with van der Waals surface area (Å²) in [6.45, 7) is 4.34. The van der Waals surface area contributed by atoms with E-state index in [1.54, 1.807) is 6.92 Å². The number of aliphatic hydroxyl groups is 1. The first-order valence-corrected chi connectivity index (χ1v) is 5.36. The number of carbonyl (C=O) groups excluding carboxylic acids is 1. The number of piperidine rings is 1. The number of likely N-dealkylation sites (tertiary alicyclic amines) is 1. The highest BCUT2D eigenvalue weighted by Crippen LogP contribution is 2.07. The minimum atomic E-state index is -0.385. The van der Waals surface area contributed by atoms with E-state index >= 15 is 0 Å². The number of aliphatic hydroxyl groups excluding tert-OH is 1. The summed E-state index contributed by atoms with van der Waals surface area (Å²) in [6.07, 6.45) is 3.11. The fourth-order valence-electron chi connectivity index (χ4n) is 1.64. The smallest absolute Gasteiger partial charge is 0.236 e. The molecule has 0 aliphatic carbocycles. The molecule has 1 aliphatic rings. The summed E-state index contributed by atoms with van der Waals surface area (Å²) in [4.78, 5) is 13.5. The average Bonchev–Trinajstić information content (AvgIpc) is 2.18. The van der Waals surface area contributed by atoms with Gasteiger partial charge in [0.05, 0.1) is 12.6 Å². The topological polar surface area (TPSA) is 52.6 Å². The van der Waals surface area contributed by atoms with E-state index in [-0.39, 0.29) is 12.0 Å². The number of nitrogens with one attached hydrogen (secondary N) is 1. The molecule has 0 radical (unpaired) electrons. The third-order valence-electron chi connectivity index (χ3n) is 2.42. The largest absolute Gasteiger partial charge is 0.392 e. The monoisotopic (exact) mass is 200 g/mol. The van der Waals surface area contributed by atoms with Crippen LogP contribution in [-0.2, 0) is 4.79 Å². The lowest BCUT2D eigenvalue weighted by Crippen LogP contribution is -2.42. The molecule has 1 amide bonds.